The van der Waals surface area contributed by atoms with E-state index in [4.69, 9.17) is 10.3 Å². The van der Waals surface area contributed by atoms with E-state index in [-0.39, 0.29) is 21.3 Å². The Morgan fingerprint density at radius 3 is 2.71 bits per heavy atom. The van der Waals surface area contributed by atoms with Crippen molar-refractivity contribution in [1.29, 1.82) is 0 Å². The number of nitrogens with zero attached hydrogens (tertiary/aromatic N) is 1. The van der Waals surface area contributed by atoms with Crippen LogP contribution in [0, 0.1) is 0 Å². The van der Waals surface area contributed by atoms with Gasteiger partial charge in [-0.3, -0.25) is 9.98 Å². The van der Waals surface area contributed by atoms with Crippen molar-refractivity contribution >= 4 is 33.7 Å². The highest BCUT2D eigenvalue weighted by molar-refractivity contribution is 7.85. The Balaban J connectivity index is 3.07. The van der Waals surface area contributed by atoms with Crippen LogP contribution in [0.15, 0.2) is 28.2 Å². The zero-order chi connectivity index (χ0) is 13.1. The number of rotatable bonds is 3. The largest absolute Gasteiger partial charge is 0.507 e. The second-order valence-electron chi connectivity index (χ2n) is 2.93. The number of aromatic hydroxyl groups is 1. The Bertz CT molecular complexity index is 568. The first-order valence-corrected chi connectivity index (χ1v) is 6.04. The number of nitrogens with two attached hydrogens (primary N) is 1. The molecule has 0 amide bonds. The summed E-state index contributed by atoms with van der Waals surface area (Å²) in [6.07, 6.45) is 1.11. The third kappa shape index (κ3) is 3.98. The van der Waals surface area contributed by atoms with Gasteiger partial charge in [0.15, 0.2) is 5.11 Å². The van der Waals surface area contributed by atoms with Crippen LogP contribution in [-0.4, -0.2) is 29.4 Å². The van der Waals surface area contributed by atoms with Gasteiger partial charge in [-0.05, 0) is 30.4 Å². The molecule has 0 aliphatic rings. The summed E-state index contributed by atoms with van der Waals surface area (Å²) in [7, 11) is -4.33. The highest BCUT2D eigenvalue weighted by Crippen LogP contribution is 2.19. The molecule has 92 valence electrons. The number of thiocarbonyl (C=S) groups is 1. The second kappa shape index (κ2) is 5.08. The fraction of sp³-hybridized carbons (Fsp3) is 0. The van der Waals surface area contributed by atoms with E-state index in [0.29, 0.717) is 0 Å². The molecule has 0 saturated carbocycles. The van der Waals surface area contributed by atoms with Crippen molar-refractivity contribution in [3.63, 3.8) is 0 Å². The van der Waals surface area contributed by atoms with Crippen molar-refractivity contribution in [2.45, 2.75) is 4.90 Å². The van der Waals surface area contributed by atoms with Gasteiger partial charge in [0.2, 0.25) is 0 Å². The average molecular weight is 275 g/mol. The Hall–Kier alpha value is -1.71. The molecule has 0 unspecified atom stereocenters. The van der Waals surface area contributed by atoms with Gasteiger partial charge in [0.25, 0.3) is 10.1 Å². The van der Waals surface area contributed by atoms with Crippen molar-refractivity contribution in [2.24, 2.45) is 10.8 Å². The minimum atomic E-state index is -4.33. The molecule has 1 aromatic carbocycles. The van der Waals surface area contributed by atoms with Crippen molar-refractivity contribution < 1.29 is 18.1 Å². The van der Waals surface area contributed by atoms with Gasteiger partial charge < -0.3 is 10.8 Å². The van der Waals surface area contributed by atoms with Crippen molar-refractivity contribution in [3.8, 4) is 5.75 Å². The maximum atomic E-state index is 10.9. The number of hydrazone groups is 1. The maximum absolute atomic E-state index is 10.9. The van der Waals surface area contributed by atoms with Crippen LogP contribution in [0.2, 0.25) is 0 Å². The summed E-state index contributed by atoms with van der Waals surface area (Å²) in [5.74, 6) is -0.203. The van der Waals surface area contributed by atoms with Gasteiger partial charge in [-0.1, -0.05) is 0 Å². The molecule has 17 heavy (non-hydrogen) atoms. The van der Waals surface area contributed by atoms with Gasteiger partial charge in [-0.25, -0.2) is 0 Å². The van der Waals surface area contributed by atoms with E-state index in [0.717, 1.165) is 24.4 Å². The Morgan fingerprint density at radius 1 is 1.53 bits per heavy atom. The van der Waals surface area contributed by atoms with Crippen molar-refractivity contribution in [3.05, 3.63) is 23.8 Å². The third-order valence-electron chi connectivity index (χ3n) is 1.68. The van der Waals surface area contributed by atoms with Crippen LogP contribution >= 0.6 is 12.2 Å². The zero-order valence-electron chi connectivity index (χ0n) is 8.36. The fourth-order valence-electron chi connectivity index (χ4n) is 0.962. The number of nitrogens with one attached hydrogen (secondary N) is 1. The zero-order valence-corrected chi connectivity index (χ0v) is 9.99. The molecule has 0 aliphatic heterocycles. The quantitative estimate of drug-likeness (QED) is 0.261. The lowest BCUT2D eigenvalue weighted by molar-refractivity contribution is 0.472. The van der Waals surface area contributed by atoms with Crippen LogP contribution in [0.25, 0.3) is 0 Å². The van der Waals surface area contributed by atoms with Gasteiger partial charge >= 0.3 is 0 Å². The second-order valence-corrected chi connectivity index (χ2v) is 4.79. The molecule has 0 aromatic heterocycles. The van der Waals surface area contributed by atoms with Gasteiger partial charge in [-0.15, -0.1) is 0 Å². The summed E-state index contributed by atoms with van der Waals surface area (Å²) >= 11 is 4.48. The molecule has 9 heteroatoms. The van der Waals surface area contributed by atoms with Gasteiger partial charge in [0, 0.05) is 5.56 Å². The summed E-state index contributed by atoms with van der Waals surface area (Å²) < 4.78 is 30.5. The summed E-state index contributed by atoms with van der Waals surface area (Å²) in [6, 6.07) is 3.23. The molecule has 0 radical (unpaired) electrons. The summed E-state index contributed by atoms with van der Waals surface area (Å²) in [5, 5.41) is 12.9. The number of phenols is 1. The molecule has 0 spiro atoms. The summed E-state index contributed by atoms with van der Waals surface area (Å²) in [5.41, 5.74) is 7.42. The maximum Gasteiger partial charge on any atom is 0.294 e. The molecule has 0 saturated heterocycles. The van der Waals surface area contributed by atoms with Gasteiger partial charge in [0.05, 0.1) is 11.1 Å². The van der Waals surface area contributed by atoms with E-state index >= 15 is 0 Å². The van der Waals surface area contributed by atoms with Crippen molar-refractivity contribution in [2.75, 3.05) is 0 Å². The molecule has 0 bridgehead atoms. The van der Waals surface area contributed by atoms with E-state index in [1.54, 1.807) is 0 Å². The van der Waals surface area contributed by atoms with E-state index in [1.807, 2.05) is 0 Å². The normalized spacial score (nSPS) is 11.6. The van der Waals surface area contributed by atoms with Gasteiger partial charge in [0.1, 0.15) is 5.75 Å². The topological polar surface area (TPSA) is 125 Å². The number of phenolic OH excluding ortho intramolecular Hbond substituents is 1. The lowest BCUT2D eigenvalue weighted by atomic mass is 10.2. The first-order valence-electron chi connectivity index (χ1n) is 4.19. The molecular formula is C8H9N3O4S2. The molecule has 5 N–H and O–H groups in total. The predicted octanol–water partition coefficient (Wildman–Crippen LogP) is -0.194. The fourth-order valence-corrected chi connectivity index (χ4v) is 1.53. The van der Waals surface area contributed by atoms with Crippen LogP contribution in [-0.2, 0) is 10.1 Å². The Labute approximate surface area is 103 Å². The first-order chi connectivity index (χ1) is 7.80. The predicted molar refractivity (Wildman–Crippen MR) is 65.4 cm³/mol. The van der Waals surface area contributed by atoms with Crippen LogP contribution in [0.5, 0.6) is 5.75 Å². The number of hydrogen-bond donors (Lipinski definition) is 4. The molecule has 0 aliphatic carbocycles. The monoisotopic (exact) mass is 275 g/mol. The lowest BCUT2D eigenvalue weighted by Crippen LogP contribution is -2.24. The molecular weight excluding hydrogens is 266 g/mol. The average Bonchev–Trinajstić information content (AvgIpc) is 2.18. The highest BCUT2D eigenvalue weighted by atomic mass is 32.2. The SMILES string of the molecule is NC(=S)NN=Cc1cc(S(=O)(=O)O)ccc1O. The first kappa shape index (κ1) is 13.4. The molecule has 1 aromatic rings. The van der Waals surface area contributed by atoms with Crippen LogP contribution < -0.4 is 11.2 Å². The van der Waals surface area contributed by atoms with E-state index in [9.17, 15) is 13.5 Å². The smallest absolute Gasteiger partial charge is 0.294 e. The van der Waals surface area contributed by atoms with E-state index in [1.165, 1.54) is 0 Å². The van der Waals surface area contributed by atoms with E-state index < -0.39 is 10.1 Å². The third-order valence-corrected chi connectivity index (χ3v) is 2.62. The Morgan fingerprint density at radius 2 is 2.18 bits per heavy atom. The van der Waals surface area contributed by atoms with Gasteiger partial charge in [-0.2, -0.15) is 13.5 Å². The molecule has 0 atom stereocenters. The molecule has 1 rings (SSSR count). The minimum absolute atomic E-state index is 0.0772. The summed E-state index contributed by atoms with van der Waals surface area (Å²) in [4.78, 5) is -0.355. The number of benzene rings is 1. The molecule has 7 nitrogen and oxygen atoms in total. The van der Waals surface area contributed by atoms with E-state index in [2.05, 4.69) is 22.7 Å². The molecule has 0 heterocycles. The van der Waals surface area contributed by atoms with Crippen molar-refractivity contribution in [1.82, 2.24) is 5.43 Å². The van der Waals surface area contributed by atoms with Crippen LogP contribution in [0.1, 0.15) is 5.56 Å². The molecule has 0 fully saturated rings. The standard InChI is InChI=1S/C8H9N3O4S2/c9-8(16)11-10-4-5-3-6(17(13,14)15)1-2-7(5)12/h1-4,12H,(H3,9,11,16)(H,13,14,15). The van der Waals surface area contributed by atoms with Crippen LogP contribution in [0.3, 0.4) is 0 Å². The summed E-state index contributed by atoms with van der Waals surface area (Å²) in [6.45, 7) is 0. The highest BCUT2D eigenvalue weighted by Gasteiger charge is 2.11. The number of hydrogen-bond acceptors (Lipinski definition) is 5. The lowest BCUT2D eigenvalue weighted by Gasteiger charge is -2.01. The van der Waals surface area contributed by atoms with Crippen LogP contribution in [0.4, 0.5) is 0 Å². The minimum Gasteiger partial charge on any atom is -0.507 e. The Kier molecular flexibility index (Phi) is 3.99.